The molecule has 0 radical (unpaired) electrons. The molecule has 3 heterocycles. The van der Waals surface area contributed by atoms with Crippen LogP contribution in [0, 0.1) is 5.82 Å². The zero-order valence-electron chi connectivity index (χ0n) is 25.1. The second-order valence-corrected chi connectivity index (χ2v) is 13.2. The molecule has 2 saturated heterocycles. The minimum Gasteiger partial charge on any atom is -0.379 e. The number of aromatic nitrogens is 2. The van der Waals surface area contributed by atoms with Gasteiger partial charge in [-0.05, 0) is 67.8 Å². The molecule has 3 aromatic carbocycles. The van der Waals surface area contributed by atoms with E-state index in [0.29, 0.717) is 28.8 Å². The Hall–Kier alpha value is -4.04. The van der Waals surface area contributed by atoms with Crippen LogP contribution in [0.2, 0.25) is 0 Å². The van der Waals surface area contributed by atoms with Crippen LogP contribution in [0.25, 0.3) is 10.9 Å². The molecule has 0 saturated carbocycles. The van der Waals surface area contributed by atoms with Gasteiger partial charge in [-0.3, -0.25) is 9.69 Å². The number of anilines is 2. The van der Waals surface area contributed by atoms with Crippen molar-refractivity contribution >= 4 is 38.0 Å². The topological polar surface area (TPSA) is 118 Å². The lowest BCUT2D eigenvalue weighted by Crippen LogP contribution is -2.41. The van der Waals surface area contributed by atoms with Gasteiger partial charge in [0.05, 0.1) is 51.7 Å². The molecule has 1 unspecified atom stereocenters. The van der Waals surface area contributed by atoms with Gasteiger partial charge >= 0.3 is 0 Å². The summed E-state index contributed by atoms with van der Waals surface area (Å²) in [6.07, 6.45) is 4.13. The summed E-state index contributed by atoms with van der Waals surface area (Å²) >= 11 is 0. The van der Waals surface area contributed by atoms with Crippen LogP contribution in [0.15, 0.2) is 76.7 Å². The molecule has 4 aromatic rings. The van der Waals surface area contributed by atoms with E-state index in [0.717, 1.165) is 70.4 Å². The highest BCUT2D eigenvalue weighted by Gasteiger charge is 2.24. The molecule has 2 N–H and O–H groups in total. The first kappa shape index (κ1) is 31.0. The average molecular weight is 637 g/mol. The first-order valence-electron chi connectivity index (χ1n) is 15.1. The predicted molar refractivity (Wildman–Crippen MR) is 169 cm³/mol. The van der Waals surface area contributed by atoms with Gasteiger partial charge in [-0.2, -0.15) is 9.89 Å². The Morgan fingerprint density at radius 3 is 2.62 bits per heavy atom. The van der Waals surface area contributed by atoms with Crippen molar-refractivity contribution in [1.82, 2.24) is 14.8 Å². The highest BCUT2D eigenvalue weighted by Crippen LogP contribution is 2.32. The molecule has 0 spiro atoms. The maximum atomic E-state index is 13.8. The fraction of sp³-hybridized carbons (Fsp3) is 0.375. The number of amides is 1. The fourth-order valence-corrected chi connectivity index (χ4v) is 6.97. The van der Waals surface area contributed by atoms with Crippen LogP contribution in [0.1, 0.15) is 29.6 Å². The molecular weight excluding hydrogens is 599 g/mol. The predicted octanol–water partition coefficient (Wildman–Crippen LogP) is 4.10. The molecular formula is C32H37FN6O5S. The number of hydrogen-bond donors (Lipinski definition) is 2. The van der Waals surface area contributed by atoms with Crippen molar-refractivity contribution in [3.05, 3.63) is 78.2 Å². The number of carbonyl (C=O) groups is 1. The molecule has 2 aliphatic rings. The summed E-state index contributed by atoms with van der Waals surface area (Å²) in [5.74, 6) is -1.03. The van der Waals surface area contributed by atoms with E-state index in [4.69, 9.17) is 9.47 Å². The summed E-state index contributed by atoms with van der Waals surface area (Å²) in [5, 5.41) is 8.31. The minimum absolute atomic E-state index is 0.00161. The van der Waals surface area contributed by atoms with E-state index in [9.17, 15) is 17.6 Å². The molecule has 2 fully saturated rings. The lowest BCUT2D eigenvalue weighted by atomic mass is 10.1. The van der Waals surface area contributed by atoms with Crippen LogP contribution in [0.4, 0.5) is 15.8 Å². The summed E-state index contributed by atoms with van der Waals surface area (Å²) in [6.45, 7) is 5.54. The summed E-state index contributed by atoms with van der Waals surface area (Å²) in [7, 11) is -1.94. The van der Waals surface area contributed by atoms with Gasteiger partial charge in [-0.1, -0.05) is 12.1 Å². The number of carbonyl (C=O) groups excluding carboxylic acids is 1. The monoisotopic (exact) mass is 636 g/mol. The standard InChI is InChI=1S/C32H37FN6O5S/c1-37(13-14-38-15-18-43-19-16-38)29-9-5-8-27(31(29)35-30-10-2-3-17-44-30)32(40)36-39-28-12-11-26(20-23(28)22-34-39)45(41,42)25-7-4-6-24(33)21-25/h4-9,11-12,20-22,30,35H,2-3,10,13-19H2,1H3,(H,36,40). The maximum Gasteiger partial charge on any atom is 0.273 e. The van der Waals surface area contributed by atoms with Crippen LogP contribution in [-0.4, -0.2) is 88.4 Å². The Morgan fingerprint density at radius 1 is 1.04 bits per heavy atom. The number of nitrogens with zero attached hydrogens (tertiary/aromatic N) is 4. The second-order valence-electron chi connectivity index (χ2n) is 11.3. The van der Waals surface area contributed by atoms with Gasteiger partial charge in [0, 0.05) is 45.2 Å². The molecule has 1 amide bonds. The van der Waals surface area contributed by atoms with Crippen molar-refractivity contribution in [2.24, 2.45) is 0 Å². The number of hydrogen-bond acceptors (Lipinski definition) is 9. The van der Waals surface area contributed by atoms with Crippen LogP contribution >= 0.6 is 0 Å². The third kappa shape index (κ3) is 6.96. The van der Waals surface area contributed by atoms with Gasteiger partial charge in [0.2, 0.25) is 9.84 Å². The van der Waals surface area contributed by atoms with Gasteiger partial charge in [0.1, 0.15) is 12.0 Å². The molecule has 238 valence electrons. The van der Waals surface area contributed by atoms with Gasteiger partial charge < -0.3 is 19.7 Å². The maximum absolute atomic E-state index is 13.8. The first-order valence-corrected chi connectivity index (χ1v) is 16.6. The lowest BCUT2D eigenvalue weighted by molar-refractivity contribution is 0.0343. The Kier molecular flexibility index (Phi) is 9.31. The smallest absolute Gasteiger partial charge is 0.273 e. The van der Waals surface area contributed by atoms with Gasteiger partial charge in [-0.15, -0.1) is 0 Å². The normalized spacial score (nSPS) is 17.7. The third-order valence-electron chi connectivity index (χ3n) is 8.20. The van der Waals surface area contributed by atoms with E-state index in [1.165, 1.54) is 41.3 Å². The number of nitrogens with one attached hydrogen (secondary N) is 2. The summed E-state index contributed by atoms with van der Waals surface area (Å²) < 4.78 is 51.5. The van der Waals surface area contributed by atoms with Crippen LogP contribution in [0.5, 0.6) is 0 Å². The largest absolute Gasteiger partial charge is 0.379 e. The number of morpholine rings is 1. The van der Waals surface area contributed by atoms with Crippen molar-refractivity contribution in [2.45, 2.75) is 35.3 Å². The van der Waals surface area contributed by atoms with Crippen molar-refractivity contribution < 1.29 is 27.1 Å². The quantitative estimate of drug-likeness (QED) is 0.265. The highest BCUT2D eigenvalue weighted by atomic mass is 32.2. The minimum atomic E-state index is -3.95. The number of likely N-dealkylation sites (N-methyl/N-ethyl adjacent to an activating group) is 1. The number of fused-ring (bicyclic) bond motifs is 1. The number of rotatable bonds is 10. The number of sulfone groups is 1. The van der Waals surface area contributed by atoms with Crippen molar-refractivity contribution in [1.29, 1.82) is 0 Å². The molecule has 1 aromatic heterocycles. The Bertz CT molecular complexity index is 1770. The van der Waals surface area contributed by atoms with Gasteiger partial charge in [0.15, 0.2) is 0 Å². The van der Waals surface area contributed by atoms with Crippen molar-refractivity contribution in [2.75, 3.05) is 68.7 Å². The number of ether oxygens (including phenoxy) is 2. The molecule has 13 heteroatoms. The Labute approximate surface area is 261 Å². The molecule has 45 heavy (non-hydrogen) atoms. The van der Waals surface area contributed by atoms with E-state index in [1.807, 2.05) is 19.2 Å². The molecule has 6 rings (SSSR count). The van der Waals surface area contributed by atoms with Crippen molar-refractivity contribution in [3.63, 3.8) is 0 Å². The van der Waals surface area contributed by atoms with E-state index < -0.39 is 21.6 Å². The summed E-state index contributed by atoms with van der Waals surface area (Å²) in [6, 6.07) is 14.9. The SMILES string of the molecule is CN(CCN1CCOCC1)c1cccc(C(=O)Nn2ncc3cc(S(=O)(=O)c4cccc(F)c4)ccc32)c1NC1CCCCO1. The van der Waals surface area contributed by atoms with Crippen LogP contribution in [0.3, 0.4) is 0 Å². The van der Waals surface area contributed by atoms with Crippen LogP contribution in [-0.2, 0) is 19.3 Å². The zero-order valence-corrected chi connectivity index (χ0v) is 25.9. The third-order valence-corrected chi connectivity index (χ3v) is 9.95. The molecule has 11 nitrogen and oxygen atoms in total. The summed E-state index contributed by atoms with van der Waals surface area (Å²) in [5.41, 5.74) is 5.33. The molecule has 0 aliphatic carbocycles. The van der Waals surface area contributed by atoms with Gasteiger partial charge in [-0.25, -0.2) is 18.2 Å². The number of halogens is 1. The van der Waals surface area contributed by atoms with Gasteiger partial charge in [0.25, 0.3) is 5.91 Å². The summed E-state index contributed by atoms with van der Waals surface area (Å²) in [4.78, 5) is 19.5. The second kappa shape index (κ2) is 13.5. The molecule has 1 atom stereocenters. The first-order chi connectivity index (χ1) is 21.8. The Balaban J connectivity index is 1.25. The average Bonchev–Trinajstić information content (AvgIpc) is 3.46. The fourth-order valence-electron chi connectivity index (χ4n) is 5.65. The molecule has 0 bridgehead atoms. The van der Waals surface area contributed by atoms with E-state index >= 15 is 0 Å². The number of benzene rings is 3. The lowest BCUT2D eigenvalue weighted by Gasteiger charge is -2.32. The van der Waals surface area contributed by atoms with E-state index in [1.54, 1.807) is 12.1 Å². The van der Waals surface area contributed by atoms with Crippen molar-refractivity contribution in [3.8, 4) is 0 Å². The molecule has 2 aliphatic heterocycles. The highest BCUT2D eigenvalue weighted by molar-refractivity contribution is 7.91. The van der Waals surface area contributed by atoms with E-state index in [2.05, 4.69) is 25.6 Å². The van der Waals surface area contributed by atoms with E-state index in [-0.39, 0.29) is 16.0 Å². The Morgan fingerprint density at radius 2 is 1.84 bits per heavy atom. The number of para-hydroxylation sites is 1. The van der Waals surface area contributed by atoms with Crippen LogP contribution < -0.4 is 15.6 Å². The zero-order chi connectivity index (χ0) is 31.4.